The summed E-state index contributed by atoms with van der Waals surface area (Å²) in [6.07, 6.45) is 0. The van der Waals surface area contributed by atoms with E-state index < -0.39 is 5.97 Å². The molecule has 0 aliphatic carbocycles. The molecule has 0 unspecified atom stereocenters. The SMILES string of the molecule is Cc1cc(Nc2cccc(Cl)c2C)cc(C(=O)O)c1N. The van der Waals surface area contributed by atoms with Crippen LogP contribution in [0, 0.1) is 13.8 Å². The minimum atomic E-state index is -1.04. The fourth-order valence-electron chi connectivity index (χ4n) is 1.95. The van der Waals surface area contributed by atoms with Gasteiger partial charge in [0.1, 0.15) is 0 Å². The number of hydrogen-bond acceptors (Lipinski definition) is 3. The molecule has 2 aromatic rings. The zero-order valence-electron chi connectivity index (χ0n) is 11.2. The minimum absolute atomic E-state index is 0.0900. The Morgan fingerprint density at radius 1 is 1.30 bits per heavy atom. The molecule has 2 rings (SSSR count). The number of halogens is 1. The van der Waals surface area contributed by atoms with Crippen LogP contribution in [0.4, 0.5) is 17.1 Å². The molecule has 104 valence electrons. The van der Waals surface area contributed by atoms with Crippen LogP contribution < -0.4 is 11.1 Å². The number of aromatic carboxylic acids is 1. The Hall–Kier alpha value is -2.20. The maximum atomic E-state index is 11.2. The van der Waals surface area contributed by atoms with Crippen LogP contribution >= 0.6 is 11.6 Å². The van der Waals surface area contributed by atoms with E-state index in [2.05, 4.69) is 5.32 Å². The van der Waals surface area contributed by atoms with Gasteiger partial charge in [0.15, 0.2) is 0 Å². The normalized spacial score (nSPS) is 10.3. The molecule has 20 heavy (non-hydrogen) atoms. The Balaban J connectivity index is 2.44. The number of hydrogen-bond donors (Lipinski definition) is 3. The summed E-state index contributed by atoms with van der Waals surface area (Å²) in [5.74, 6) is -1.04. The van der Waals surface area contributed by atoms with Crippen molar-refractivity contribution in [1.82, 2.24) is 0 Å². The second kappa shape index (κ2) is 5.43. The van der Waals surface area contributed by atoms with E-state index in [1.807, 2.05) is 25.1 Å². The Labute approximate surface area is 122 Å². The van der Waals surface area contributed by atoms with E-state index >= 15 is 0 Å². The Bertz CT molecular complexity index is 684. The molecule has 0 heterocycles. The molecule has 0 saturated carbocycles. The lowest BCUT2D eigenvalue weighted by Crippen LogP contribution is -2.06. The minimum Gasteiger partial charge on any atom is -0.478 e. The Morgan fingerprint density at radius 2 is 2.00 bits per heavy atom. The van der Waals surface area contributed by atoms with Crippen molar-refractivity contribution in [2.75, 3.05) is 11.1 Å². The summed E-state index contributed by atoms with van der Waals surface area (Å²) in [6, 6.07) is 8.85. The number of nitrogens with two attached hydrogens (primary N) is 1. The van der Waals surface area contributed by atoms with Crippen molar-refractivity contribution in [3.63, 3.8) is 0 Å². The Kier molecular flexibility index (Phi) is 3.86. The number of nitrogen functional groups attached to an aromatic ring is 1. The summed E-state index contributed by atoms with van der Waals surface area (Å²) in [7, 11) is 0. The van der Waals surface area contributed by atoms with E-state index in [1.165, 1.54) is 6.07 Å². The maximum Gasteiger partial charge on any atom is 0.337 e. The van der Waals surface area contributed by atoms with Crippen molar-refractivity contribution in [3.05, 3.63) is 52.0 Å². The smallest absolute Gasteiger partial charge is 0.337 e. The number of carbonyl (C=O) groups is 1. The van der Waals surface area contributed by atoms with Crippen LogP contribution in [0.5, 0.6) is 0 Å². The first-order valence-electron chi connectivity index (χ1n) is 6.05. The second-order valence-corrected chi connectivity index (χ2v) is 5.00. The molecular formula is C15H15ClN2O2. The van der Waals surface area contributed by atoms with Gasteiger partial charge >= 0.3 is 5.97 Å². The van der Waals surface area contributed by atoms with Gasteiger partial charge in [0, 0.05) is 22.1 Å². The van der Waals surface area contributed by atoms with Gasteiger partial charge in [0.25, 0.3) is 0 Å². The lowest BCUT2D eigenvalue weighted by Gasteiger charge is -2.13. The molecule has 0 radical (unpaired) electrons. The third-order valence-electron chi connectivity index (χ3n) is 3.16. The fourth-order valence-corrected chi connectivity index (χ4v) is 2.12. The lowest BCUT2D eigenvalue weighted by molar-refractivity contribution is 0.0698. The number of benzene rings is 2. The van der Waals surface area contributed by atoms with Crippen molar-refractivity contribution >= 4 is 34.6 Å². The van der Waals surface area contributed by atoms with Gasteiger partial charge in [0.2, 0.25) is 0 Å². The monoisotopic (exact) mass is 290 g/mol. The average Bonchev–Trinajstić information content (AvgIpc) is 2.38. The predicted molar refractivity (Wildman–Crippen MR) is 82.0 cm³/mol. The van der Waals surface area contributed by atoms with Crippen molar-refractivity contribution < 1.29 is 9.90 Å². The molecule has 5 heteroatoms. The van der Waals surface area contributed by atoms with Crippen LogP contribution in [-0.2, 0) is 0 Å². The van der Waals surface area contributed by atoms with Gasteiger partial charge in [0.05, 0.1) is 5.56 Å². The lowest BCUT2D eigenvalue weighted by atomic mass is 10.1. The first kappa shape index (κ1) is 14.2. The van der Waals surface area contributed by atoms with Crippen LogP contribution in [0.25, 0.3) is 0 Å². The van der Waals surface area contributed by atoms with E-state index in [0.29, 0.717) is 16.3 Å². The molecule has 0 saturated heterocycles. The fraction of sp³-hybridized carbons (Fsp3) is 0.133. The van der Waals surface area contributed by atoms with Gasteiger partial charge in [-0.25, -0.2) is 4.79 Å². The molecule has 0 bridgehead atoms. The molecule has 0 aliphatic rings. The van der Waals surface area contributed by atoms with Crippen molar-refractivity contribution in [2.45, 2.75) is 13.8 Å². The van der Waals surface area contributed by atoms with Crippen LogP contribution in [-0.4, -0.2) is 11.1 Å². The molecule has 4 N–H and O–H groups in total. The number of carboxylic acid groups (broad SMARTS) is 1. The topological polar surface area (TPSA) is 75.3 Å². The largest absolute Gasteiger partial charge is 0.478 e. The molecule has 0 aliphatic heterocycles. The number of carboxylic acids is 1. The molecule has 4 nitrogen and oxygen atoms in total. The standard InChI is InChI=1S/C15H15ClN2O2/c1-8-6-10(7-11(14(8)17)15(19)20)18-13-5-3-4-12(16)9(13)2/h3-7,18H,17H2,1-2H3,(H,19,20). The van der Waals surface area contributed by atoms with Crippen LogP contribution in [0.2, 0.25) is 5.02 Å². The average molecular weight is 291 g/mol. The summed E-state index contributed by atoms with van der Waals surface area (Å²) < 4.78 is 0. The highest BCUT2D eigenvalue weighted by atomic mass is 35.5. The summed E-state index contributed by atoms with van der Waals surface area (Å²) in [4.78, 5) is 11.2. The summed E-state index contributed by atoms with van der Waals surface area (Å²) in [5, 5.41) is 13.0. The summed E-state index contributed by atoms with van der Waals surface area (Å²) >= 11 is 6.06. The highest BCUT2D eigenvalue weighted by Crippen LogP contribution is 2.29. The van der Waals surface area contributed by atoms with Crippen LogP contribution in [0.3, 0.4) is 0 Å². The van der Waals surface area contributed by atoms with Gasteiger partial charge in [-0.15, -0.1) is 0 Å². The predicted octanol–water partition coefficient (Wildman–Crippen LogP) is 3.98. The molecule has 0 aromatic heterocycles. The number of rotatable bonds is 3. The van der Waals surface area contributed by atoms with Gasteiger partial charge in [-0.3, -0.25) is 0 Å². The number of aryl methyl sites for hydroxylation is 1. The van der Waals surface area contributed by atoms with Gasteiger partial charge in [-0.2, -0.15) is 0 Å². The third kappa shape index (κ3) is 2.70. The van der Waals surface area contributed by atoms with E-state index in [4.69, 9.17) is 22.4 Å². The van der Waals surface area contributed by atoms with E-state index in [-0.39, 0.29) is 11.3 Å². The van der Waals surface area contributed by atoms with E-state index in [0.717, 1.165) is 11.3 Å². The molecular weight excluding hydrogens is 276 g/mol. The van der Waals surface area contributed by atoms with E-state index in [1.54, 1.807) is 13.0 Å². The first-order valence-corrected chi connectivity index (χ1v) is 6.43. The van der Waals surface area contributed by atoms with Crippen molar-refractivity contribution in [3.8, 4) is 0 Å². The Morgan fingerprint density at radius 3 is 2.65 bits per heavy atom. The second-order valence-electron chi connectivity index (χ2n) is 4.60. The number of anilines is 3. The maximum absolute atomic E-state index is 11.2. The van der Waals surface area contributed by atoms with Gasteiger partial charge in [-0.1, -0.05) is 17.7 Å². The first-order chi connectivity index (χ1) is 9.40. The zero-order chi connectivity index (χ0) is 14.9. The van der Waals surface area contributed by atoms with Gasteiger partial charge in [-0.05, 0) is 49.2 Å². The quantitative estimate of drug-likeness (QED) is 0.747. The summed E-state index contributed by atoms with van der Waals surface area (Å²) in [6.45, 7) is 3.67. The molecule has 0 spiro atoms. The highest BCUT2D eigenvalue weighted by Gasteiger charge is 2.12. The van der Waals surface area contributed by atoms with Crippen LogP contribution in [0.1, 0.15) is 21.5 Å². The number of nitrogens with one attached hydrogen (secondary N) is 1. The van der Waals surface area contributed by atoms with Crippen LogP contribution in [0.15, 0.2) is 30.3 Å². The van der Waals surface area contributed by atoms with Crippen molar-refractivity contribution in [2.24, 2.45) is 0 Å². The van der Waals surface area contributed by atoms with E-state index in [9.17, 15) is 4.79 Å². The zero-order valence-corrected chi connectivity index (χ0v) is 12.0. The molecule has 0 fully saturated rings. The molecule has 0 amide bonds. The molecule has 2 aromatic carbocycles. The third-order valence-corrected chi connectivity index (χ3v) is 3.57. The summed E-state index contributed by atoms with van der Waals surface area (Å²) in [5.41, 5.74) is 9.26. The van der Waals surface area contributed by atoms with Gasteiger partial charge < -0.3 is 16.2 Å². The molecule has 0 atom stereocenters. The highest BCUT2D eigenvalue weighted by molar-refractivity contribution is 6.31. The van der Waals surface area contributed by atoms with Crippen molar-refractivity contribution in [1.29, 1.82) is 0 Å².